The lowest BCUT2D eigenvalue weighted by atomic mass is 9.78. The van der Waals surface area contributed by atoms with Crippen molar-refractivity contribution < 1.29 is 5.11 Å². The number of nitrogens with zero attached hydrogens (tertiary/aromatic N) is 2. The second-order valence-electron chi connectivity index (χ2n) is 7.09. The van der Waals surface area contributed by atoms with E-state index in [0.717, 1.165) is 18.9 Å². The Morgan fingerprint density at radius 3 is 2.60 bits per heavy atom. The molecule has 1 heterocycles. The molecule has 1 aliphatic carbocycles. The summed E-state index contributed by atoms with van der Waals surface area (Å²) in [5.74, 6) is 1.35. The topological polar surface area (TPSA) is 26.7 Å². The van der Waals surface area contributed by atoms with E-state index < -0.39 is 0 Å². The molecule has 1 N–H and O–H groups in total. The lowest BCUT2D eigenvalue weighted by molar-refractivity contribution is 0.0181. The third-order valence-corrected chi connectivity index (χ3v) is 5.59. The van der Waals surface area contributed by atoms with Gasteiger partial charge in [-0.05, 0) is 64.1 Å². The number of aliphatic hydroxyl groups excluding tert-OH is 1. The van der Waals surface area contributed by atoms with Crippen LogP contribution in [0.3, 0.4) is 0 Å². The van der Waals surface area contributed by atoms with Crippen LogP contribution in [0.5, 0.6) is 0 Å². The standard InChI is InChI=1S/C17H34N2O/c1-4-14-7-8-17(20)15(11-14)12-19-10-6-9-18(3)13-16(19)5-2/h14-17,20H,4-13H2,1-3H3. The van der Waals surface area contributed by atoms with Gasteiger partial charge in [0, 0.05) is 19.1 Å². The van der Waals surface area contributed by atoms with E-state index in [0.29, 0.717) is 12.0 Å². The maximum absolute atomic E-state index is 10.4. The van der Waals surface area contributed by atoms with Crippen LogP contribution in [-0.4, -0.2) is 60.3 Å². The molecule has 0 aromatic rings. The molecule has 4 atom stereocenters. The first-order valence-corrected chi connectivity index (χ1v) is 8.74. The van der Waals surface area contributed by atoms with E-state index in [2.05, 4.69) is 30.7 Å². The highest BCUT2D eigenvalue weighted by atomic mass is 16.3. The van der Waals surface area contributed by atoms with Crippen LogP contribution in [0, 0.1) is 11.8 Å². The van der Waals surface area contributed by atoms with Gasteiger partial charge in [-0.3, -0.25) is 4.90 Å². The Morgan fingerprint density at radius 2 is 1.90 bits per heavy atom. The number of rotatable bonds is 4. The van der Waals surface area contributed by atoms with Crippen LogP contribution >= 0.6 is 0 Å². The zero-order chi connectivity index (χ0) is 14.5. The minimum absolute atomic E-state index is 0.0590. The number of aliphatic hydroxyl groups is 1. The first kappa shape index (κ1) is 16.3. The van der Waals surface area contributed by atoms with Crippen LogP contribution in [0.25, 0.3) is 0 Å². The third-order valence-electron chi connectivity index (χ3n) is 5.59. The maximum Gasteiger partial charge on any atom is 0.0580 e. The van der Waals surface area contributed by atoms with Crippen molar-refractivity contribution >= 4 is 0 Å². The van der Waals surface area contributed by atoms with Gasteiger partial charge < -0.3 is 10.0 Å². The zero-order valence-corrected chi connectivity index (χ0v) is 13.7. The first-order chi connectivity index (χ1) is 9.63. The molecule has 2 rings (SSSR count). The van der Waals surface area contributed by atoms with Gasteiger partial charge >= 0.3 is 0 Å². The lowest BCUT2D eigenvalue weighted by Crippen LogP contribution is -2.45. The quantitative estimate of drug-likeness (QED) is 0.858. The summed E-state index contributed by atoms with van der Waals surface area (Å²) in [6, 6.07) is 0.678. The molecule has 3 heteroatoms. The molecular weight excluding hydrogens is 248 g/mol. The van der Waals surface area contributed by atoms with E-state index in [1.165, 1.54) is 51.7 Å². The van der Waals surface area contributed by atoms with E-state index in [1.54, 1.807) is 0 Å². The largest absolute Gasteiger partial charge is 0.393 e. The highest BCUT2D eigenvalue weighted by molar-refractivity contribution is 4.85. The summed E-state index contributed by atoms with van der Waals surface area (Å²) in [5, 5.41) is 10.4. The summed E-state index contributed by atoms with van der Waals surface area (Å²) < 4.78 is 0. The van der Waals surface area contributed by atoms with Gasteiger partial charge in [-0.2, -0.15) is 0 Å². The monoisotopic (exact) mass is 282 g/mol. The Labute approximate surface area is 125 Å². The fourth-order valence-electron chi connectivity index (χ4n) is 4.13. The first-order valence-electron chi connectivity index (χ1n) is 8.74. The number of hydrogen-bond donors (Lipinski definition) is 1. The molecule has 1 saturated heterocycles. The minimum atomic E-state index is -0.0590. The van der Waals surface area contributed by atoms with Gasteiger partial charge in [0.2, 0.25) is 0 Å². The molecule has 1 saturated carbocycles. The lowest BCUT2D eigenvalue weighted by Gasteiger charge is -2.38. The molecule has 20 heavy (non-hydrogen) atoms. The molecule has 2 fully saturated rings. The van der Waals surface area contributed by atoms with Gasteiger partial charge in [-0.25, -0.2) is 0 Å². The second-order valence-corrected chi connectivity index (χ2v) is 7.09. The van der Waals surface area contributed by atoms with Crippen molar-refractivity contribution in [2.75, 3.05) is 33.2 Å². The SMILES string of the molecule is CCC1CCC(O)C(CN2CCCN(C)CC2CC)C1. The molecule has 0 spiro atoms. The van der Waals surface area contributed by atoms with Crippen molar-refractivity contribution in [1.29, 1.82) is 0 Å². The van der Waals surface area contributed by atoms with Gasteiger partial charge in [0.1, 0.15) is 0 Å². The summed E-state index contributed by atoms with van der Waals surface area (Å²) in [6.07, 6.45) is 7.21. The predicted molar refractivity (Wildman–Crippen MR) is 84.9 cm³/mol. The van der Waals surface area contributed by atoms with Crippen molar-refractivity contribution in [3.8, 4) is 0 Å². The molecule has 0 aromatic heterocycles. The Hall–Kier alpha value is -0.120. The van der Waals surface area contributed by atoms with Crippen molar-refractivity contribution in [1.82, 2.24) is 9.80 Å². The van der Waals surface area contributed by atoms with Gasteiger partial charge in [0.25, 0.3) is 0 Å². The van der Waals surface area contributed by atoms with Crippen molar-refractivity contribution in [3.63, 3.8) is 0 Å². The van der Waals surface area contributed by atoms with Crippen LogP contribution < -0.4 is 0 Å². The molecule has 0 amide bonds. The normalized spacial score (nSPS) is 37.8. The molecular formula is C17H34N2O. The summed E-state index contributed by atoms with van der Waals surface area (Å²) in [6.45, 7) is 9.35. The number of likely N-dealkylation sites (N-methyl/N-ethyl adjacent to an activating group) is 1. The van der Waals surface area contributed by atoms with Gasteiger partial charge in [0.15, 0.2) is 0 Å². The highest BCUT2D eigenvalue weighted by Gasteiger charge is 2.32. The van der Waals surface area contributed by atoms with Crippen molar-refractivity contribution in [2.24, 2.45) is 11.8 Å². The average Bonchev–Trinajstić information content (AvgIpc) is 2.62. The van der Waals surface area contributed by atoms with Gasteiger partial charge in [0.05, 0.1) is 6.10 Å². The minimum Gasteiger partial charge on any atom is -0.393 e. The Bertz CT molecular complexity index is 284. The summed E-state index contributed by atoms with van der Waals surface area (Å²) in [7, 11) is 2.24. The fraction of sp³-hybridized carbons (Fsp3) is 1.00. The Balaban J connectivity index is 1.95. The second kappa shape index (κ2) is 7.77. The van der Waals surface area contributed by atoms with E-state index in [-0.39, 0.29) is 6.10 Å². The molecule has 0 bridgehead atoms. The molecule has 1 aliphatic heterocycles. The van der Waals surface area contributed by atoms with E-state index >= 15 is 0 Å². The highest BCUT2D eigenvalue weighted by Crippen LogP contribution is 2.32. The molecule has 0 radical (unpaired) electrons. The van der Waals surface area contributed by atoms with E-state index in [4.69, 9.17) is 0 Å². The fourth-order valence-corrected chi connectivity index (χ4v) is 4.13. The number of hydrogen-bond acceptors (Lipinski definition) is 3. The smallest absolute Gasteiger partial charge is 0.0580 e. The Kier molecular flexibility index (Phi) is 6.31. The van der Waals surface area contributed by atoms with Gasteiger partial charge in [-0.1, -0.05) is 20.3 Å². The van der Waals surface area contributed by atoms with Crippen LogP contribution in [0.1, 0.15) is 52.4 Å². The zero-order valence-electron chi connectivity index (χ0n) is 13.7. The molecule has 0 aromatic carbocycles. The molecule has 118 valence electrons. The molecule has 3 nitrogen and oxygen atoms in total. The van der Waals surface area contributed by atoms with Gasteiger partial charge in [-0.15, -0.1) is 0 Å². The molecule has 4 unspecified atom stereocenters. The predicted octanol–water partition coefficient (Wildman–Crippen LogP) is 2.59. The Morgan fingerprint density at radius 1 is 1.10 bits per heavy atom. The van der Waals surface area contributed by atoms with Crippen LogP contribution in [0.2, 0.25) is 0 Å². The summed E-state index contributed by atoms with van der Waals surface area (Å²) >= 11 is 0. The van der Waals surface area contributed by atoms with Crippen molar-refractivity contribution in [2.45, 2.75) is 64.5 Å². The van der Waals surface area contributed by atoms with E-state index in [1.807, 2.05) is 0 Å². The molecule has 2 aliphatic rings. The maximum atomic E-state index is 10.4. The average molecular weight is 282 g/mol. The van der Waals surface area contributed by atoms with Crippen LogP contribution in [0.15, 0.2) is 0 Å². The summed E-state index contributed by atoms with van der Waals surface area (Å²) in [5.41, 5.74) is 0. The van der Waals surface area contributed by atoms with Crippen LogP contribution in [0.4, 0.5) is 0 Å². The van der Waals surface area contributed by atoms with Crippen LogP contribution in [-0.2, 0) is 0 Å². The third kappa shape index (κ3) is 4.19. The van der Waals surface area contributed by atoms with E-state index in [9.17, 15) is 5.11 Å². The summed E-state index contributed by atoms with van der Waals surface area (Å²) in [4.78, 5) is 5.15. The van der Waals surface area contributed by atoms with Crippen molar-refractivity contribution in [3.05, 3.63) is 0 Å².